The van der Waals surface area contributed by atoms with Crippen molar-refractivity contribution >= 4 is 27.8 Å². The Balaban J connectivity index is 2.23. The number of carbonyl (C=O) groups excluding carboxylic acids is 1. The van der Waals surface area contributed by atoms with Crippen LogP contribution in [0.25, 0.3) is 0 Å². The first-order valence-electron chi connectivity index (χ1n) is 7.11. The summed E-state index contributed by atoms with van der Waals surface area (Å²) in [6, 6.07) is 7.78. The molecule has 0 aromatic carbocycles. The SMILES string of the molecule is CCN(Cc1ccccn1)c1cc(N)c(C(=O)C(C)C)s1. The lowest BCUT2D eigenvalue weighted by molar-refractivity contribution is 0.0944. The van der Waals surface area contributed by atoms with E-state index in [2.05, 4.69) is 16.8 Å². The normalized spacial score (nSPS) is 10.9. The van der Waals surface area contributed by atoms with Crippen molar-refractivity contribution in [1.82, 2.24) is 4.98 Å². The fourth-order valence-electron chi connectivity index (χ4n) is 2.03. The molecule has 0 spiro atoms. The van der Waals surface area contributed by atoms with Crippen LogP contribution >= 0.6 is 11.3 Å². The second-order valence-electron chi connectivity index (χ2n) is 5.22. The van der Waals surface area contributed by atoms with Crippen LogP contribution in [-0.4, -0.2) is 17.3 Å². The van der Waals surface area contributed by atoms with Gasteiger partial charge in [0.1, 0.15) is 0 Å². The summed E-state index contributed by atoms with van der Waals surface area (Å²) < 4.78 is 0. The topological polar surface area (TPSA) is 59.2 Å². The van der Waals surface area contributed by atoms with Gasteiger partial charge in [0.25, 0.3) is 0 Å². The Morgan fingerprint density at radius 2 is 2.19 bits per heavy atom. The van der Waals surface area contributed by atoms with Crippen molar-refractivity contribution in [3.05, 3.63) is 41.0 Å². The van der Waals surface area contributed by atoms with Gasteiger partial charge in [-0.15, -0.1) is 11.3 Å². The summed E-state index contributed by atoms with van der Waals surface area (Å²) in [4.78, 5) is 19.3. The molecule has 2 heterocycles. The van der Waals surface area contributed by atoms with Gasteiger partial charge in [-0.25, -0.2) is 0 Å². The highest BCUT2D eigenvalue weighted by Crippen LogP contribution is 2.34. The monoisotopic (exact) mass is 303 g/mol. The lowest BCUT2D eigenvalue weighted by Gasteiger charge is -2.20. The fourth-order valence-corrected chi connectivity index (χ4v) is 3.27. The number of aromatic nitrogens is 1. The van der Waals surface area contributed by atoms with Crippen LogP contribution in [0, 0.1) is 5.92 Å². The van der Waals surface area contributed by atoms with Gasteiger partial charge in [-0.05, 0) is 25.1 Å². The maximum Gasteiger partial charge on any atom is 0.177 e. The van der Waals surface area contributed by atoms with Crippen LogP contribution in [0.5, 0.6) is 0 Å². The van der Waals surface area contributed by atoms with Gasteiger partial charge in [-0.2, -0.15) is 0 Å². The number of Topliss-reactive ketones (excluding diaryl/α,β-unsaturated/α-hetero) is 1. The van der Waals surface area contributed by atoms with E-state index in [-0.39, 0.29) is 11.7 Å². The van der Waals surface area contributed by atoms with E-state index < -0.39 is 0 Å². The average Bonchev–Trinajstić information content (AvgIpc) is 2.86. The first-order chi connectivity index (χ1) is 10.0. The number of anilines is 2. The third-order valence-corrected chi connectivity index (χ3v) is 4.49. The van der Waals surface area contributed by atoms with Crippen molar-refractivity contribution in [2.24, 2.45) is 5.92 Å². The Labute approximate surface area is 129 Å². The van der Waals surface area contributed by atoms with E-state index in [0.29, 0.717) is 17.1 Å². The molecule has 21 heavy (non-hydrogen) atoms. The van der Waals surface area contributed by atoms with Crippen LogP contribution in [0.3, 0.4) is 0 Å². The van der Waals surface area contributed by atoms with Crippen LogP contribution in [-0.2, 0) is 6.54 Å². The minimum absolute atomic E-state index is 0.0373. The molecule has 0 aliphatic heterocycles. The molecule has 0 unspecified atom stereocenters. The van der Waals surface area contributed by atoms with Crippen molar-refractivity contribution in [3.8, 4) is 0 Å². The predicted molar refractivity (Wildman–Crippen MR) is 88.9 cm³/mol. The average molecular weight is 303 g/mol. The van der Waals surface area contributed by atoms with Gasteiger partial charge in [0, 0.05) is 18.7 Å². The molecule has 5 heteroatoms. The van der Waals surface area contributed by atoms with Crippen molar-refractivity contribution in [1.29, 1.82) is 0 Å². The number of hydrogen-bond donors (Lipinski definition) is 1. The molecule has 112 valence electrons. The third-order valence-electron chi connectivity index (χ3n) is 3.27. The van der Waals surface area contributed by atoms with Crippen LogP contribution < -0.4 is 10.6 Å². The molecule has 2 N–H and O–H groups in total. The molecule has 4 nitrogen and oxygen atoms in total. The maximum atomic E-state index is 12.1. The quantitative estimate of drug-likeness (QED) is 0.828. The molecule has 0 radical (unpaired) electrons. The number of carbonyl (C=O) groups is 1. The summed E-state index contributed by atoms with van der Waals surface area (Å²) in [5, 5.41) is 1.02. The summed E-state index contributed by atoms with van der Waals surface area (Å²) in [6.07, 6.45) is 1.79. The molecule has 0 bridgehead atoms. The molecule has 0 atom stereocenters. The van der Waals surface area contributed by atoms with Crippen molar-refractivity contribution in [3.63, 3.8) is 0 Å². The van der Waals surface area contributed by atoms with Gasteiger partial charge in [-0.1, -0.05) is 19.9 Å². The van der Waals surface area contributed by atoms with Crippen LogP contribution in [0.4, 0.5) is 10.7 Å². The number of nitrogens with two attached hydrogens (primary N) is 1. The Bertz CT molecular complexity index is 607. The number of thiophene rings is 1. The summed E-state index contributed by atoms with van der Waals surface area (Å²) in [7, 11) is 0. The lowest BCUT2D eigenvalue weighted by atomic mass is 10.1. The second-order valence-corrected chi connectivity index (χ2v) is 6.25. The Morgan fingerprint density at radius 1 is 1.43 bits per heavy atom. The smallest absolute Gasteiger partial charge is 0.177 e. The standard InChI is InChI=1S/C16H21N3OS/c1-4-19(10-12-7-5-6-8-18-12)14-9-13(17)16(21-14)15(20)11(2)3/h5-9,11H,4,10,17H2,1-3H3. The van der Waals surface area contributed by atoms with Gasteiger partial charge < -0.3 is 10.6 Å². The maximum absolute atomic E-state index is 12.1. The van der Waals surface area contributed by atoms with Crippen molar-refractivity contribution < 1.29 is 4.79 Å². The summed E-state index contributed by atoms with van der Waals surface area (Å²) >= 11 is 1.47. The summed E-state index contributed by atoms with van der Waals surface area (Å²) in [5.41, 5.74) is 7.59. The first kappa shape index (κ1) is 15.5. The number of pyridine rings is 1. The molecule has 2 aromatic heterocycles. The van der Waals surface area contributed by atoms with Crippen molar-refractivity contribution in [2.75, 3.05) is 17.2 Å². The highest BCUT2D eigenvalue weighted by Gasteiger charge is 2.19. The van der Waals surface area contributed by atoms with Crippen LogP contribution in [0.15, 0.2) is 30.5 Å². The molecule has 0 aliphatic carbocycles. The van der Waals surface area contributed by atoms with Gasteiger partial charge in [-0.3, -0.25) is 9.78 Å². The predicted octanol–water partition coefficient (Wildman–Crippen LogP) is 3.59. The van der Waals surface area contributed by atoms with E-state index in [1.54, 1.807) is 6.20 Å². The number of ketones is 1. The van der Waals surface area contributed by atoms with E-state index in [9.17, 15) is 4.79 Å². The van der Waals surface area contributed by atoms with E-state index in [4.69, 9.17) is 5.73 Å². The van der Waals surface area contributed by atoms with Crippen molar-refractivity contribution in [2.45, 2.75) is 27.3 Å². The Kier molecular flexibility index (Phi) is 4.96. The molecule has 0 aliphatic rings. The van der Waals surface area contributed by atoms with Gasteiger partial charge in [0.05, 0.1) is 27.8 Å². The molecule has 0 fully saturated rings. The lowest BCUT2D eigenvalue weighted by Crippen LogP contribution is -2.21. The minimum Gasteiger partial charge on any atom is -0.397 e. The number of rotatable bonds is 6. The largest absolute Gasteiger partial charge is 0.397 e. The van der Waals surface area contributed by atoms with Crippen LogP contribution in [0.1, 0.15) is 36.1 Å². The second kappa shape index (κ2) is 6.72. The molecule has 2 aromatic rings. The third kappa shape index (κ3) is 3.61. The highest BCUT2D eigenvalue weighted by atomic mass is 32.1. The highest BCUT2D eigenvalue weighted by molar-refractivity contribution is 7.18. The van der Waals surface area contributed by atoms with E-state index in [0.717, 1.165) is 17.2 Å². The van der Waals surface area contributed by atoms with E-state index in [1.165, 1.54) is 11.3 Å². The molecule has 2 rings (SSSR count). The van der Waals surface area contributed by atoms with Gasteiger partial charge in [0.2, 0.25) is 0 Å². The zero-order valence-electron chi connectivity index (χ0n) is 12.7. The zero-order chi connectivity index (χ0) is 15.4. The van der Waals surface area contributed by atoms with Crippen LogP contribution in [0.2, 0.25) is 0 Å². The molecule has 0 saturated heterocycles. The number of nitrogen functional groups attached to an aromatic ring is 1. The van der Waals surface area contributed by atoms with E-state index >= 15 is 0 Å². The number of nitrogens with zero attached hydrogens (tertiary/aromatic N) is 2. The molecular formula is C16H21N3OS. The summed E-state index contributed by atoms with van der Waals surface area (Å²) in [5.74, 6) is 0.0716. The Hall–Kier alpha value is -1.88. The van der Waals surface area contributed by atoms with Gasteiger partial charge >= 0.3 is 0 Å². The van der Waals surface area contributed by atoms with E-state index in [1.807, 2.05) is 38.1 Å². The molecular weight excluding hydrogens is 282 g/mol. The minimum atomic E-state index is -0.0373. The van der Waals surface area contributed by atoms with Gasteiger partial charge in [0.15, 0.2) is 5.78 Å². The first-order valence-corrected chi connectivity index (χ1v) is 7.93. The fraction of sp³-hybridized carbons (Fsp3) is 0.375. The zero-order valence-corrected chi connectivity index (χ0v) is 13.5. The molecule has 0 saturated carbocycles. The molecule has 0 amide bonds. The number of hydrogen-bond acceptors (Lipinski definition) is 5. The summed E-state index contributed by atoms with van der Waals surface area (Å²) in [6.45, 7) is 7.43. The Morgan fingerprint density at radius 3 is 2.76 bits per heavy atom.